The van der Waals surface area contributed by atoms with E-state index in [0.717, 1.165) is 35.1 Å². The fourth-order valence-electron chi connectivity index (χ4n) is 4.02. The zero-order valence-electron chi connectivity index (χ0n) is 13.1. The van der Waals surface area contributed by atoms with Crippen LogP contribution in [-0.4, -0.2) is 5.97 Å². The number of carbonyl (C=O) groups is 1. The van der Waals surface area contributed by atoms with Crippen LogP contribution in [-0.2, 0) is 17.6 Å². The number of hydrogen-bond donors (Lipinski definition) is 0. The SMILES string of the molecule is Cc1c(C)c2c(c3c1CCCC3)C(c1ccccc1)OC2=O. The second kappa shape index (κ2) is 4.98. The third-order valence-electron chi connectivity index (χ3n) is 5.25. The Balaban J connectivity index is 1.99. The fourth-order valence-corrected chi connectivity index (χ4v) is 4.02. The number of hydrogen-bond acceptors (Lipinski definition) is 2. The second-order valence-electron chi connectivity index (χ2n) is 6.40. The molecule has 0 aromatic heterocycles. The van der Waals surface area contributed by atoms with E-state index in [0.29, 0.717) is 0 Å². The van der Waals surface area contributed by atoms with E-state index in [-0.39, 0.29) is 12.1 Å². The first-order valence-electron chi connectivity index (χ1n) is 8.09. The Morgan fingerprint density at radius 1 is 0.955 bits per heavy atom. The van der Waals surface area contributed by atoms with Crippen molar-refractivity contribution >= 4 is 5.97 Å². The molecule has 1 atom stereocenters. The summed E-state index contributed by atoms with van der Waals surface area (Å²) in [4.78, 5) is 12.5. The predicted octanol–water partition coefficient (Wildman–Crippen LogP) is 4.44. The molecule has 2 aromatic rings. The molecule has 2 aliphatic rings. The first-order chi connectivity index (χ1) is 10.7. The molecule has 0 spiro atoms. The summed E-state index contributed by atoms with van der Waals surface area (Å²) in [6, 6.07) is 10.1. The van der Waals surface area contributed by atoms with Gasteiger partial charge in [-0.1, -0.05) is 30.3 Å². The van der Waals surface area contributed by atoms with Crippen LogP contribution < -0.4 is 0 Å². The number of carbonyl (C=O) groups excluding carboxylic acids is 1. The summed E-state index contributed by atoms with van der Waals surface area (Å²) >= 11 is 0. The van der Waals surface area contributed by atoms with Crippen LogP contribution in [0.2, 0.25) is 0 Å². The molecule has 112 valence electrons. The quantitative estimate of drug-likeness (QED) is 0.726. The highest BCUT2D eigenvalue weighted by Crippen LogP contribution is 2.44. The second-order valence-corrected chi connectivity index (χ2v) is 6.40. The number of ether oxygens (including phenoxy) is 1. The minimum absolute atomic E-state index is 0.155. The Morgan fingerprint density at radius 2 is 1.64 bits per heavy atom. The normalized spacial score (nSPS) is 19.5. The van der Waals surface area contributed by atoms with Crippen LogP contribution in [0.4, 0.5) is 0 Å². The van der Waals surface area contributed by atoms with Crippen molar-refractivity contribution in [3.8, 4) is 0 Å². The van der Waals surface area contributed by atoms with Gasteiger partial charge in [-0.05, 0) is 67.3 Å². The van der Waals surface area contributed by atoms with Gasteiger partial charge in [0.05, 0.1) is 5.56 Å². The first kappa shape index (κ1) is 13.6. The number of benzene rings is 2. The minimum Gasteiger partial charge on any atom is -0.449 e. The molecule has 2 nitrogen and oxygen atoms in total. The van der Waals surface area contributed by atoms with Gasteiger partial charge < -0.3 is 4.74 Å². The van der Waals surface area contributed by atoms with Crippen LogP contribution >= 0.6 is 0 Å². The summed E-state index contributed by atoms with van der Waals surface area (Å²) < 4.78 is 5.78. The van der Waals surface area contributed by atoms with E-state index in [9.17, 15) is 4.79 Å². The molecule has 1 unspecified atom stereocenters. The standard InChI is InChI=1S/C20H20O2/c1-12-13(2)17-18(16-11-7-6-10-15(12)16)19(22-20(17)21)14-8-4-3-5-9-14/h3-5,8-9,19H,6-7,10-11H2,1-2H3. The molecule has 2 aromatic carbocycles. The third kappa shape index (κ3) is 1.83. The van der Waals surface area contributed by atoms with Gasteiger partial charge in [0.2, 0.25) is 0 Å². The molecule has 0 bridgehead atoms. The fraction of sp³-hybridized carbons (Fsp3) is 0.350. The summed E-state index contributed by atoms with van der Waals surface area (Å²) in [7, 11) is 0. The van der Waals surface area contributed by atoms with Crippen molar-refractivity contribution < 1.29 is 9.53 Å². The van der Waals surface area contributed by atoms with Crippen molar-refractivity contribution in [2.24, 2.45) is 0 Å². The highest BCUT2D eigenvalue weighted by atomic mass is 16.5. The lowest BCUT2D eigenvalue weighted by atomic mass is 9.79. The average molecular weight is 292 g/mol. The maximum atomic E-state index is 12.5. The van der Waals surface area contributed by atoms with Crippen LogP contribution in [0.25, 0.3) is 0 Å². The minimum atomic E-state index is -0.227. The van der Waals surface area contributed by atoms with E-state index in [4.69, 9.17) is 4.74 Å². The Hall–Kier alpha value is -2.09. The van der Waals surface area contributed by atoms with Crippen molar-refractivity contribution in [2.45, 2.75) is 45.6 Å². The zero-order valence-corrected chi connectivity index (χ0v) is 13.1. The molecule has 0 saturated heterocycles. The Bertz CT molecular complexity index is 759. The van der Waals surface area contributed by atoms with Crippen molar-refractivity contribution in [3.05, 3.63) is 69.3 Å². The maximum absolute atomic E-state index is 12.5. The molecule has 1 heterocycles. The molecule has 1 aliphatic heterocycles. The van der Waals surface area contributed by atoms with E-state index in [2.05, 4.69) is 26.0 Å². The molecular weight excluding hydrogens is 272 g/mol. The van der Waals surface area contributed by atoms with E-state index in [1.807, 2.05) is 18.2 Å². The summed E-state index contributed by atoms with van der Waals surface area (Å²) in [6.07, 6.45) is 4.42. The Kier molecular flexibility index (Phi) is 3.07. The molecule has 1 aliphatic carbocycles. The van der Waals surface area contributed by atoms with E-state index in [1.165, 1.54) is 29.5 Å². The van der Waals surface area contributed by atoms with Gasteiger partial charge in [-0.3, -0.25) is 0 Å². The first-order valence-corrected chi connectivity index (χ1v) is 8.09. The predicted molar refractivity (Wildman–Crippen MR) is 86.3 cm³/mol. The Labute approximate surface area is 131 Å². The van der Waals surface area contributed by atoms with Gasteiger partial charge in [-0.2, -0.15) is 0 Å². The van der Waals surface area contributed by atoms with Crippen LogP contribution in [0.5, 0.6) is 0 Å². The summed E-state index contributed by atoms with van der Waals surface area (Å²) in [5, 5.41) is 0. The van der Waals surface area contributed by atoms with E-state index < -0.39 is 0 Å². The largest absolute Gasteiger partial charge is 0.449 e. The van der Waals surface area contributed by atoms with Gasteiger partial charge in [0.15, 0.2) is 6.10 Å². The summed E-state index contributed by atoms with van der Waals surface area (Å²) in [5.74, 6) is -0.155. The number of fused-ring (bicyclic) bond motifs is 3. The molecule has 0 amide bonds. The van der Waals surface area contributed by atoms with Gasteiger partial charge in [0.1, 0.15) is 0 Å². The molecule has 22 heavy (non-hydrogen) atoms. The van der Waals surface area contributed by atoms with Crippen LogP contribution in [0, 0.1) is 13.8 Å². The van der Waals surface area contributed by atoms with Crippen LogP contribution in [0.15, 0.2) is 30.3 Å². The lowest BCUT2D eigenvalue weighted by Gasteiger charge is -2.24. The molecule has 0 saturated carbocycles. The van der Waals surface area contributed by atoms with Crippen molar-refractivity contribution in [1.82, 2.24) is 0 Å². The maximum Gasteiger partial charge on any atom is 0.339 e. The molecule has 0 radical (unpaired) electrons. The smallest absolute Gasteiger partial charge is 0.339 e. The van der Waals surface area contributed by atoms with E-state index in [1.54, 1.807) is 0 Å². The Morgan fingerprint density at radius 3 is 2.36 bits per heavy atom. The molecular formula is C20H20O2. The summed E-state index contributed by atoms with van der Waals surface area (Å²) in [6.45, 7) is 4.22. The monoisotopic (exact) mass is 292 g/mol. The van der Waals surface area contributed by atoms with Gasteiger partial charge in [0, 0.05) is 5.56 Å². The lowest BCUT2D eigenvalue weighted by molar-refractivity contribution is 0.0454. The van der Waals surface area contributed by atoms with Gasteiger partial charge >= 0.3 is 5.97 Å². The lowest BCUT2D eigenvalue weighted by Crippen LogP contribution is -2.13. The van der Waals surface area contributed by atoms with Crippen molar-refractivity contribution in [3.63, 3.8) is 0 Å². The highest BCUT2D eigenvalue weighted by molar-refractivity contribution is 5.97. The third-order valence-corrected chi connectivity index (χ3v) is 5.25. The highest BCUT2D eigenvalue weighted by Gasteiger charge is 2.38. The molecule has 0 N–H and O–H groups in total. The number of cyclic esters (lactones) is 1. The zero-order chi connectivity index (χ0) is 15.3. The topological polar surface area (TPSA) is 26.3 Å². The van der Waals surface area contributed by atoms with Crippen molar-refractivity contribution in [1.29, 1.82) is 0 Å². The summed E-state index contributed by atoms with van der Waals surface area (Å²) in [5.41, 5.74) is 8.29. The van der Waals surface area contributed by atoms with Gasteiger partial charge in [-0.15, -0.1) is 0 Å². The average Bonchev–Trinajstić information content (AvgIpc) is 2.91. The van der Waals surface area contributed by atoms with Crippen LogP contribution in [0.3, 0.4) is 0 Å². The molecule has 2 heteroatoms. The number of rotatable bonds is 1. The molecule has 0 fully saturated rings. The van der Waals surface area contributed by atoms with Gasteiger partial charge in [-0.25, -0.2) is 4.79 Å². The molecule has 4 rings (SSSR count). The van der Waals surface area contributed by atoms with E-state index >= 15 is 0 Å². The van der Waals surface area contributed by atoms with Crippen molar-refractivity contribution in [2.75, 3.05) is 0 Å². The van der Waals surface area contributed by atoms with Gasteiger partial charge in [0.25, 0.3) is 0 Å². The number of esters is 1. The van der Waals surface area contributed by atoms with Crippen LogP contribution in [0.1, 0.15) is 62.7 Å².